The number of rotatable bonds is 5. The van der Waals surface area contributed by atoms with E-state index in [1.165, 1.54) is 0 Å². The number of carbonyl (C=O) groups excluding carboxylic acids is 1. The molecule has 1 aromatic rings. The molecule has 0 saturated heterocycles. The van der Waals surface area contributed by atoms with Gasteiger partial charge < -0.3 is 19.8 Å². The molecule has 0 bridgehead atoms. The van der Waals surface area contributed by atoms with Crippen LogP contribution in [-0.2, 0) is 11.3 Å². The Morgan fingerprint density at radius 3 is 2.68 bits per heavy atom. The summed E-state index contributed by atoms with van der Waals surface area (Å²) in [5.74, 6) is 1.73. The summed E-state index contributed by atoms with van der Waals surface area (Å²) in [7, 11) is 0. The lowest BCUT2D eigenvalue weighted by Crippen LogP contribution is -2.42. The van der Waals surface area contributed by atoms with Crippen LogP contribution >= 0.6 is 0 Å². The molecule has 0 spiro atoms. The Kier molecular flexibility index (Phi) is 4.94. The number of carboxylic acids is 1. The average Bonchev–Trinajstić information content (AvgIpc) is 2.65. The summed E-state index contributed by atoms with van der Waals surface area (Å²) < 4.78 is 4.96. The van der Waals surface area contributed by atoms with Gasteiger partial charge in [-0.2, -0.15) is 0 Å². The van der Waals surface area contributed by atoms with Gasteiger partial charge in [-0.1, -0.05) is 11.1 Å². The second kappa shape index (κ2) is 6.44. The third-order valence-corrected chi connectivity index (χ3v) is 2.49. The Bertz CT molecular complexity index is 496. The predicted octanol–water partition coefficient (Wildman–Crippen LogP) is 0.521. The molecule has 7 nitrogen and oxygen atoms in total. The van der Waals surface area contributed by atoms with Crippen LogP contribution in [-0.4, -0.2) is 40.3 Å². The molecule has 0 aliphatic heterocycles. The number of nitrogens with zero attached hydrogens (tertiary/aromatic N) is 2. The minimum Gasteiger partial charge on any atom is -0.480 e. The molecule has 0 saturated carbocycles. The van der Waals surface area contributed by atoms with Crippen LogP contribution < -0.4 is 5.32 Å². The minimum absolute atomic E-state index is 0.0697. The lowest BCUT2D eigenvalue weighted by molar-refractivity contribution is -0.137. The van der Waals surface area contributed by atoms with Crippen molar-refractivity contribution in [1.29, 1.82) is 0 Å². The first-order chi connectivity index (χ1) is 8.95. The van der Waals surface area contributed by atoms with Gasteiger partial charge in [0.25, 0.3) is 0 Å². The number of aryl methyl sites for hydroxylation is 2. The normalized spacial score (nSPS) is 9.74. The quantitative estimate of drug-likeness (QED) is 0.757. The summed E-state index contributed by atoms with van der Waals surface area (Å²) in [4.78, 5) is 23.4. The van der Waals surface area contributed by atoms with E-state index in [1.54, 1.807) is 13.8 Å². The highest BCUT2D eigenvalue weighted by atomic mass is 16.5. The fraction of sp³-hybridized carbons (Fsp3) is 0.417. The molecular weight excluding hydrogens is 250 g/mol. The molecule has 0 aromatic carbocycles. The summed E-state index contributed by atoms with van der Waals surface area (Å²) >= 11 is 0. The molecule has 0 atom stereocenters. The Labute approximate surface area is 110 Å². The van der Waals surface area contributed by atoms with E-state index in [1.807, 2.05) is 0 Å². The zero-order valence-corrected chi connectivity index (χ0v) is 10.8. The van der Waals surface area contributed by atoms with Crippen molar-refractivity contribution in [3.63, 3.8) is 0 Å². The van der Waals surface area contributed by atoms with Crippen LogP contribution in [0, 0.1) is 26.2 Å². The highest BCUT2D eigenvalue weighted by Gasteiger charge is 2.17. The van der Waals surface area contributed by atoms with E-state index < -0.39 is 18.5 Å². The largest absolute Gasteiger partial charge is 0.480 e. The highest BCUT2D eigenvalue weighted by Crippen LogP contribution is 2.11. The second-order valence-electron chi connectivity index (χ2n) is 3.92. The van der Waals surface area contributed by atoms with Gasteiger partial charge in [-0.15, -0.1) is 6.42 Å². The monoisotopic (exact) mass is 265 g/mol. The second-order valence-corrected chi connectivity index (χ2v) is 3.92. The van der Waals surface area contributed by atoms with E-state index in [9.17, 15) is 9.59 Å². The van der Waals surface area contributed by atoms with Gasteiger partial charge in [-0.3, -0.25) is 4.79 Å². The summed E-state index contributed by atoms with van der Waals surface area (Å²) in [5.41, 5.74) is 1.45. The summed E-state index contributed by atoms with van der Waals surface area (Å²) in [6, 6.07) is -0.541. The molecule has 2 amide bonds. The maximum atomic E-state index is 11.8. The number of amides is 2. The smallest absolute Gasteiger partial charge is 0.323 e. The van der Waals surface area contributed by atoms with Crippen LogP contribution in [0.4, 0.5) is 4.79 Å². The van der Waals surface area contributed by atoms with E-state index in [0.29, 0.717) is 11.5 Å². The van der Waals surface area contributed by atoms with Crippen molar-refractivity contribution in [3.8, 4) is 12.3 Å². The SMILES string of the molecule is C#CCN(CC(=O)O)C(=O)NCc1c(C)noc1C. The van der Waals surface area contributed by atoms with Gasteiger partial charge >= 0.3 is 12.0 Å². The van der Waals surface area contributed by atoms with Gasteiger partial charge in [0.1, 0.15) is 12.3 Å². The molecule has 1 aromatic heterocycles. The van der Waals surface area contributed by atoms with Gasteiger partial charge in [0.2, 0.25) is 0 Å². The van der Waals surface area contributed by atoms with E-state index in [2.05, 4.69) is 16.4 Å². The molecule has 2 N–H and O–H groups in total. The number of hydrogen-bond donors (Lipinski definition) is 2. The van der Waals surface area contributed by atoms with Crippen molar-refractivity contribution in [2.45, 2.75) is 20.4 Å². The zero-order chi connectivity index (χ0) is 14.4. The lowest BCUT2D eigenvalue weighted by Gasteiger charge is -2.18. The first kappa shape index (κ1) is 14.6. The number of carbonyl (C=O) groups is 2. The van der Waals surface area contributed by atoms with Gasteiger partial charge in [0, 0.05) is 12.1 Å². The summed E-state index contributed by atoms with van der Waals surface area (Å²) in [6.07, 6.45) is 5.09. The lowest BCUT2D eigenvalue weighted by atomic mass is 10.2. The number of terminal acetylenes is 1. The minimum atomic E-state index is -1.12. The first-order valence-electron chi connectivity index (χ1n) is 5.55. The van der Waals surface area contributed by atoms with Gasteiger partial charge in [-0.25, -0.2) is 4.79 Å². The summed E-state index contributed by atoms with van der Waals surface area (Å²) in [5, 5.41) is 15.0. The third-order valence-electron chi connectivity index (χ3n) is 2.49. The van der Waals surface area contributed by atoms with Crippen LogP contribution in [0.5, 0.6) is 0 Å². The van der Waals surface area contributed by atoms with Crippen molar-refractivity contribution in [2.75, 3.05) is 13.1 Å². The number of aliphatic carboxylic acids is 1. The third kappa shape index (κ3) is 4.03. The average molecular weight is 265 g/mol. The highest BCUT2D eigenvalue weighted by molar-refractivity contribution is 5.80. The molecule has 0 unspecified atom stereocenters. The van der Waals surface area contributed by atoms with Crippen LogP contribution in [0.15, 0.2) is 4.52 Å². The van der Waals surface area contributed by atoms with Crippen molar-refractivity contribution in [3.05, 3.63) is 17.0 Å². The molecule has 102 valence electrons. The van der Waals surface area contributed by atoms with Gasteiger partial charge in [0.05, 0.1) is 12.2 Å². The molecule has 1 heterocycles. The molecule has 0 radical (unpaired) electrons. The Balaban J connectivity index is 2.62. The van der Waals surface area contributed by atoms with Crippen LogP contribution in [0.1, 0.15) is 17.0 Å². The Morgan fingerprint density at radius 2 is 2.21 bits per heavy atom. The molecule has 1 rings (SSSR count). The van der Waals surface area contributed by atoms with E-state index >= 15 is 0 Å². The summed E-state index contributed by atoms with van der Waals surface area (Å²) in [6.45, 7) is 3.18. The maximum Gasteiger partial charge on any atom is 0.323 e. The van der Waals surface area contributed by atoms with E-state index in [0.717, 1.165) is 10.5 Å². The van der Waals surface area contributed by atoms with Crippen molar-refractivity contribution < 1.29 is 19.2 Å². The topological polar surface area (TPSA) is 95.7 Å². The molecular formula is C12H15N3O4. The van der Waals surface area contributed by atoms with Gasteiger partial charge in [0.15, 0.2) is 0 Å². The standard InChI is InChI=1S/C12H15N3O4/c1-4-5-15(7-11(16)17)12(18)13-6-10-8(2)14-19-9(10)3/h1H,5-7H2,2-3H3,(H,13,18)(H,16,17). The fourth-order valence-electron chi connectivity index (χ4n) is 1.50. The number of hydrogen-bond acceptors (Lipinski definition) is 4. The van der Waals surface area contributed by atoms with Crippen molar-refractivity contribution in [2.24, 2.45) is 0 Å². The number of aromatic nitrogens is 1. The number of nitrogens with one attached hydrogen (secondary N) is 1. The Hall–Kier alpha value is -2.49. The Morgan fingerprint density at radius 1 is 1.53 bits per heavy atom. The molecule has 0 fully saturated rings. The number of urea groups is 1. The van der Waals surface area contributed by atoms with Crippen LogP contribution in [0.3, 0.4) is 0 Å². The first-order valence-corrected chi connectivity index (χ1v) is 5.55. The van der Waals surface area contributed by atoms with E-state index in [4.69, 9.17) is 16.1 Å². The molecule has 0 aliphatic carbocycles. The predicted molar refractivity (Wildman–Crippen MR) is 66.3 cm³/mol. The molecule has 0 aliphatic rings. The van der Waals surface area contributed by atoms with Crippen molar-refractivity contribution >= 4 is 12.0 Å². The molecule has 7 heteroatoms. The van der Waals surface area contributed by atoms with Crippen LogP contribution in [0.2, 0.25) is 0 Å². The van der Waals surface area contributed by atoms with Gasteiger partial charge in [-0.05, 0) is 13.8 Å². The zero-order valence-electron chi connectivity index (χ0n) is 10.8. The molecule has 19 heavy (non-hydrogen) atoms. The maximum absolute atomic E-state index is 11.8. The van der Waals surface area contributed by atoms with E-state index in [-0.39, 0.29) is 13.1 Å². The van der Waals surface area contributed by atoms with Crippen LogP contribution in [0.25, 0.3) is 0 Å². The van der Waals surface area contributed by atoms with Crippen molar-refractivity contribution in [1.82, 2.24) is 15.4 Å². The fourth-order valence-corrected chi connectivity index (χ4v) is 1.50. The number of carboxylic acid groups (broad SMARTS) is 1.